The number of likely N-dealkylation sites (tertiary alicyclic amines) is 1. The lowest BCUT2D eigenvalue weighted by Crippen LogP contribution is -2.23. The van der Waals surface area contributed by atoms with E-state index < -0.39 is 29.4 Å². The number of nitrogens with zero attached hydrogens (tertiary/aromatic N) is 1. The fourth-order valence-electron chi connectivity index (χ4n) is 3.22. The lowest BCUT2D eigenvalue weighted by molar-refractivity contribution is -0.141. The molecule has 2 atom stereocenters. The molecule has 0 spiro atoms. The normalized spacial score (nSPS) is 21.5. The number of aliphatic carboxylic acids is 1. The summed E-state index contributed by atoms with van der Waals surface area (Å²) in [5.74, 6) is -3.45. The molecule has 2 unspecified atom stereocenters. The summed E-state index contributed by atoms with van der Waals surface area (Å²) < 4.78 is 27.1. The minimum atomic E-state index is -0.950. The van der Waals surface area contributed by atoms with E-state index in [0.717, 1.165) is 11.6 Å². The summed E-state index contributed by atoms with van der Waals surface area (Å²) in [5.41, 5.74) is 1.35. The molecule has 120 valence electrons. The zero-order chi connectivity index (χ0) is 16.4. The molecular weight excluding hydrogens is 300 g/mol. The van der Waals surface area contributed by atoms with E-state index in [9.17, 15) is 18.7 Å². The van der Waals surface area contributed by atoms with Crippen LogP contribution in [0.1, 0.15) is 17.0 Å². The standard InChI is InChI=1S/C18H17F2NO2/c19-13-6-7-14(17(20)8-13)15-10-21(11-16(15)18(22)23)9-12-4-2-1-3-5-12/h1-8,15-16H,9-11H2,(H,22,23). The molecule has 23 heavy (non-hydrogen) atoms. The SMILES string of the molecule is O=C(O)C1CN(Cc2ccccc2)CC1c1ccc(F)cc1F. The molecule has 1 heterocycles. The van der Waals surface area contributed by atoms with Crippen molar-refractivity contribution in [3.63, 3.8) is 0 Å². The summed E-state index contributed by atoms with van der Waals surface area (Å²) in [6.45, 7) is 1.41. The molecule has 3 nitrogen and oxygen atoms in total. The number of carboxylic acid groups (broad SMARTS) is 1. The van der Waals surface area contributed by atoms with Crippen molar-refractivity contribution >= 4 is 5.97 Å². The zero-order valence-electron chi connectivity index (χ0n) is 12.5. The quantitative estimate of drug-likeness (QED) is 0.941. The van der Waals surface area contributed by atoms with Crippen molar-refractivity contribution in [3.8, 4) is 0 Å². The van der Waals surface area contributed by atoms with Gasteiger partial charge < -0.3 is 5.11 Å². The predicted octanol–water partition coefficient (Wildman–Crippen LogP) is 3.27. The third-order valence-electron chi connectivity index (χ3n) is 4.32. The predicted molar refractivity (Wildman–Crippen MR) is 81.9 cm³/mol. The Kier molecular flexibility index (Phi) is 4.39. The number of hydrogen-bond acceptors (Lipinski definition) is 2. The van der Waals surface area contributed by atoms with Gasteiger partial charge in [0.25, 0.3) is 0 Å². The summed E-state index contributed by atoms with van der Waals surface area (Å²) in [6, 6.07) is 13.1. The molecule has 0 aliphatic carbocycles. The van der Waals surface area contributed by atoms with Crippen LogP contribution in [0.2, 0.25) is 0 Å². The van der Waals surface area contributed by atoms with Crippen LogP contribution in [-0.4, -0.2) is 29.1 Å². The Labute approximate surface area is 133 Å². The van der Waals surface area contributed by atoms with Crippen LogP contribution in [0.25, 0.3) is 0 Å². The minimum absolute atomic E-state index is 0.273. The highest BCUT2D eigenvalue weighted by Crippen LogP contribution is 2.35. The van der Waals surface area contributed by atoms with Gasteiger partial charge in [-0.15, -0.1) is 0 Å². The van der Waals surface area contributed by atoms with Gasteiger partial charge in [-0.25, -0.2) is 8.78 Å². The third kappa shape index (κ3) is 3.40. The number of halogens is 2. The number of benzene rings is 2. The lowest BCUT2D eigenvalue weighted by Gasteiger charge is -2.17. The van der Waals surface area contributed by atoms with E-state index in [-0.39, 0.29) is 5.56 Å². The first-order valence-corrected chi connectivity index (χ1v) is 7.48. The van der Waals surface area contributed by atoms with E-state index in [2.05, 4.69) is 0 Å². The minimum Gasteiger partial charge on any atom is -0.481 e. The molecule has 2 aromatic rings. The van der Waals surface area contributed by atoms with E-state index in [1.165, 1.54) is 12.1 Å². The number of carboxylic acids is 1. The molecule has 1 fully saturated rings. The van der Waals surface area contributed by atoms with Crippen LogP contribution in [0.3, 0.4) is 0 Å². The van der Waals surface area contributed by atoms with Crippen molar-refractivity contribution in [2.24, 2.45) is 5.92 Å². The van der Waals surface area contributed by atoms with Crippen LogP contribution in [0.5, 0.6) is 0 Å². The smallest absolute Gasteiger partial charge is 0.308 e. The Morgan fingerprint density at radius 2 is 1.87 bits per heavy atom. The molecule has 1 aliphatic rings. The molecule has 0 saturated carbocycles. The summed E-state index contributed by atoms with van der Waals surface area (Å²) in [7, 11) is 0. The summed E-state index contributed by atoms with van der Waals surface area (Å²) >= 11 is 0. The van der Waals surface area contributed by atoms with Gasteiger partial charge in [0.1, 0.15) is 11.6 Å². The zero-order valence-corrected chi connectivity index (χ0v) is 12.5. The maximum Gasteiger partial charge on any atom is 0.308 e. The highest BCUT2D eigenvalue weighted by Gasteiger charge is 2.39. The van der Waals surface area contributed by atoms with Gasteiger partial charge in [-0.1, -0.05) is 36.4 Å². The van der Waals surface area contributed by atoms with E-state index in [1.807, 2.05) is 35.2 Å². The molecule has 1 aliphatic heterocycles. The molecule has 1 N–H and O–H groups in total. The van der Waals surface area contributed by atoms with E-state index in [0.29, 0.717) is 19.6 Å². The van der Waals surface area contributed by atoms with Crippen LogP contribution >= 0.6 is 0 Å². The molecule has 0 bridgehead atoms. The molecule has 0 radical (unpaired) electrons. The summed E-state index contributed by atoms with van der Waals surface area (Å²) in [5, 5.41) is 9.45. The highest BCUT2D eigenvalue weighted by atomic mass is 19.1. The van der Waals surface area contributed by atoms with Crippen molar-refractivity contribution in [2.45, 2.75) is 12.5 Å². The van der Waals surface area contributed by atoms with Crippen molar-refractivity contribution in [1.29, 1.82) is 0 Å². The van der Waals surface area contributed by atoms with Gasteiger partial charge in [0, 0.05) is 31.6 Å². The average Bonchev–Trinajstić information content (AvgIpc) is 2.92. The second-order valence-corrected chi connectivity index (χ2v) is 5.90. The van der Waals surface area contributed by atoms with Gasteiger partial charge in [0.2, 0.25) is 0 Å². The molecular formula is C18H17F2NO2. The molecule has 0 aromatic heterocycles. The first-order valence-electron chi connectivity index (χ1n) is 7.48. The molecule has 1 saturated heterocycles. The van der Waals surface area contributed by atoms with Crippen LogP contribution in [0, 0.1) is 17.6 Å². The highest BCUT2D eigenvalue weighted by molar-refractivity contribution is 5.72. The van der Waals surface area contributed by atoms with Crippen LogP contribution in [0.15, 0.2) is 48.5 Å². The van der Waals surface area contributed by atoms with Crippen LogP contribution in [0.4, 0.5) is 8.78 Å². The first kappa shape index (κ1) is 15.6. The Balaban J connectivity index is 1.83. The number of carbonyl (C=O) groups is 1. The molecule has 5 heteroatoms. The van der Waals surface area contributed by atoms with Crippen molar-refractivity contribution < 1.29 is 18.7 Å². The van der Waals surface area contributed by atoms with E-state index >= 15 is 0 Å². The number of hydrogen-bond donors (Lipinski definition) is 1. The summed E-state index contributed by atoms with van der Waals surface area (Å²) in [6.07, 6.45) is 0. The van der Waals surface area contributed by atoms with Gasteiger partial charge in [-0.05, 0) is 17.2 Å². The maximum atomic E-state index is 14.0. The number of rotatable bonds is 4. The Bertz CT molecular complexity index is 705. The molecule has 0 amide bonds. The van der Waals surface area contributed by atoms with Gasteiger partial charge >= 0.3 is 5.97 Å². The van der Waals surface area contributed by atoms with E-state index in [4.69, 9.17) is 0 Å². The van der Waals surface area contributed by atoms with Crippen molar-refractivity contribution in [3.05, 3.63) is 71.3 Å². The fraction of sp³-hybridized carbons (Fsp3) is 0.278. The fourth-order valence-corrected chi connectivity index (χ4v) is 3.22. The second kappa shape index (κ2) is 6.46. The van der Waals surface area contributed by atoms with Crippen molar-refractivity contribution in [2.75, 3.05) is 13.1 Å². The monoisotopic (exact) mass is 317 g/mol. The van der Waals surface area contributed by atoms with Gasteiger partial charge in [0.15, 0.2) is 0 Å². The third-order valence-corrected chi connectivity index (χ3v) is 4.32. The van der Waals surface area contributed by atoms with Gasteiger partial charge in [-0.3, -0.25) is 9.69 Å². The second-order valence-electron chi connectivity index (χ2n) is 5.90. The lowest BCUT2D eigenvalue weighted by atomic mass is 9.88. The van der Waals surface area contributed by atoms with Gasteiger partial charge in [-0.2, -0.15) is 0 Å². The Morgan fingerprint density at radius 1 is 1.13 bits per heavy atom. The Morgan fingerprint density at radius 3 is 2.52 bits per heavy atom. The van der Waals surface area contributed by atoms with Gasteiger partial charge in [0.05, 0.1) is 5.92 Å². The van der Waals surface area contributed by atoms with Crippen LogP contribution < -0.4 is 0 Å². The molecule has 2 aromatic carbocycles. The Hall–Kier alpha value is -2.27. The van der Waals surface area contributed by atoms with Crippen LogP contribution in [-0.2, 0) is 11.3 Å². The van der Waals surface area contributed by atoms with E-state index in [1.54, 1.807) is 0 Å². The topological polar surface area (TPSA) is 40.5 Å². The summed E-state index contributed by atoms with van der Waals surface area (Å²) in [4.78, 5) is 13.5. The largest absolute Gasteiger partial charge is 0.481 e. The average molecular weight is 317 g/mol. The first-order chi connectivity index (χ1) is 11.0. The van der Waals surface area contributed by atoms with Crippen molar-refractivity contribution in [1.82, 2.24) is 4.90 Å². The molecule has 3 rings (SSSR count). The maximum absolute atomic E-state index is 14.0.